The Morgan fingerprint density at radius 2 is 0.766 bits per heavy atom. The van der Waals surface area contributed by atoms with Crippen LogP contribution in [0.3, 0.4) is 0 Å². The van der Waals surface area contributed by atoms with Gasteiger partial charge in [0.1, 0.15) is 5.82 Å². The van der Waals surface area contributed by atoms with Gasteiger partial charge in [0.2, 0.25) is 0 Å². The Morgan fingerprint density at radius 1 is 0.319 bits per heavy atom. The summed E-state index contributed by atoms with van der Waals surface area (Å²) in [7, 11) is 0. The summed E-state index contributed by atoms with van der Waals surface area (Å²) >= 11 is 0. The van der Waals surface area contributed by atoms with Gasteiger partial charge in [0.15, 0.2) is 0 Å². The quantitative estimate of drug-likeness (QED) is 0.197. The van der Waals surface area contributed by atoms with Gasteiger partial charge in [-0.25, -0.2) is 4.98 Å². The maximum absolute atomic E-state index is 5.34. The highest BCUT2D eigenvalue weighted by molar-refractivity contribution is 6.13. The first-order valence-corrected chi connectivity index (χ1v) is 16.0. The zero-order valence-corrected chi connectivity index (χ0v) is 25.5. The van der Waals surface area contributed by atoms with Crippen LogP contribution >= 0.6 is 0 Å². The van der Waals surface area contributed by atoms with E-state index in [-0.39, 0.29) is 0 Å². The molecule has 3 heterocycles. The fourth-order valence-corrected chi connectivity index (χ4v) is 7.39. The number of benzene rings is 7. The van der Waals surface area contributed by atoms with Crippen molar-refractivity contribution in [2.24, 2.45) is 0 Å². The molecule has 7 aromatic carbocycles. The molecule has 0 spiro atoms. The van der Waals surface area contributed by atoms with Crippen molar-refractivity contribution < 1.29 is 0 Å². The summed E-state index contributed by atoms with van der Waals surface area (Å²) in [5.41, 5.74) is 11.2. The number of hydrogen-bond donors (Lipinski definition) is 0. The van der Waals surface area contributed by atoms with Gasteiger partial charge in [-0.3, -0.25) is 4.57 Å². The molecule has 3 aromatic heterocycles. The SMILES string of the molecule is c1ccc(-n2c(-c3ccc(-n4c5ccccc5c5ccccc54)cc3)nc3cc4c5ccccc5n(-c5ccccc5)c4cc32)cc1. The van der Waals surface area contributed by atoms with Gasteiger partial charge in [-0.1, -0.05) is 91.0 Å². The lowest BCUT2D eigenvalue weighted by Gasteiger charge is -2.12. The minimum Gasteiger partial charge on any atom is -0.309 e. The van der Waals surface area contributed by atoms with Crippen LogP contribution in [0.25, 0.3) is 83.1 Å². The van der Waals surface area contributed by atoms with Gasteiger partial charge in [-0.15, -0.1) is 0 Å². The second-order valence-electron chi connectivity index (χ2n) is 12.1. The third-order valence-corrected chi connectivity index (χ3v) is 9.44. The standard InChI is InChI=1S/C43H28N4/c1-3-13-30(14-4-1)46-40-22-12-9-19-35(40)36-27-37-42(28-41(36)46)47(31-15-5-2-6-16-31)43(44-37)29-23-25-32(26-24-29)45-38-20-10-7-17-33(38)34-18-8-11-21-39(34)45/h1-28H. The normalized spacial score (nSPS) is 11.8. The first-order valence-electron chi connectivity index (χ1n) is 16.0. The molecule has 10 rings (SSSR count). The molecule has 0 radical (unpaired) electrons. The molecular weight excluding hydrogens is 573 g/mol. The highest BCUT2D eigenvalue weighted by Crippen LogP contribution is 2.38. The summed E-state index contributed by atoms with van der Waals surface area (Å²) in [6.45, 7) is 0. The first-order chi connectivity index (χ1) is 23.3. The molecule has 0 aliphatic carbocycles. The van der Waals surface area contributed by atoms with Gasteiger partial charge in [-0.05, 0) is 78.9 Å². The van der Waals surface area contributed by atoms with Gasteiger partial charge in [0.05, 0.1) is 33.1 Å². The second-order valence-corrected chi connectivity index (χ2v) is 12.1. The first kappa shape index (κ1) is 25.9. The number of aromatic nitrogens is 4. The zero-order valence-electron chi connectivity index (χ0n) is 25.5. The zero-order chi connectivity index (χ0) is 30.9. The Morgan fingerprint density at radius 3 is 1.34 bits per heavy atom. The van der Waals surface area contributed by atoms with Crippen LogP contribution in [0.5, 0.6) is 0 Å². The van der Waals surface area contributed by atoms with E-state index in [0.717, 1.165) is 45.0 Å². The van der Waals surface area contributed by atoms with Crippen molar-refractivity contribution in [3.05, 3.63) is 170 Å². The minimum absolute atomic E-state index is 0.920. The maximum Gasteiger partial charge on any atom is 0.145 e. The predicted octanol–water partition coefficient (Wildman–Crippen LogP) is 10.9. The largest absolute Gasteiger partial charge is 0.309 e. The van der Waals surface area contributed by atoms with Crippen molar-refractivity contribution in [1.29, 1.82) is 0 Å². The van der Waals surface area contributed by atoms with Crippen LogP contribution in [-0.4, -0.2) is 18.7 Å². The van der Waals surface area contributed by atoms with Gasteiger partial charge in [-0.2, -0.15) is 0 Å². The lowest BCUT2D eigenvalue weighted by Crippen LogP contribution is -1.99. The summed E-state index contributed by atoms with van der Waals surface area (Å²) in [6, 6.07) is 60.6. The summed E-state index contributed by atoms with van der Waals surface area (Å²) in [5.74, 6) is 0.920. The number of hydrogen-bond acceptors (Lipinski definition) is 1. The molecule has 0 saturated heterocycles. The van der Waals surface area contributed by atoms with Crippen molar-refractivity contribution in [1.82, 2.24) is 18.7 Å². The highest BCUT2D eigenvalue weighted by atomic mass is 15.1. The van der Waals surface area contributed by atoms with E-state index in [4.69, 9.17) is 4.98 Å². The molecular formula is C43H28N4. The molecule has 220 valence electrons. The van der Waals surface area contributed by atoms with E-state index < -0.39 is 0 Å². The molecule has 47 heavy (non-hydrogen) atoms. The van der Waals surface area contributed by atoms with E-state index in [1.807, 2.05) is 0 Å². The number of imidazole rings is 1. The average Bonchev–Trinajstić information content (AvgIpc) is 3.79. The molecule has 0 N–H and O–H groups in total. The molecule has 10 aromatic rings. The van der Waals surface area contributed by atoms with Crippen LogP contribution in [-0.2, 0) is 0 Å². The Labute approximate surface area is 271 Å². The van der Waals surface area contributed by atoms with Crippen LogP contribution in [0.2, 0.25) is 0 Å². The van der Waals surface area contributed by atoms with E-state index in [1.165, 1.54) is 38.1 Å². The molecule has 0 fully saturated rings. The summed E-state index contributed by atoms with van der Waals surface area (Å²) in [5, 5.41) is 4.94. The maximum atomic E-state index is 5.34. The Hall–Kier alpha value is -6.39. The van der Waals surface area contributed by atoms with E-state index in [1.54, 1.807) is 0 Å². The summed E-state index contributed by atoms with van der Waals surface area (Å²) < 4.78 is 7.03. The van der Waals surface area contributed by atoms with Gasteiger partial charge >= 0.3 is 0 Å². The monoisotopic (exact) mass is 600 g/mol. The topological polar surface area (TPSA) is 27.7 Å². The van der Waals surface area contributed by atoms with E-state index in [9.17, 15) is 0 Å². The summed E-state index contributed by atoms with van der Waals surface area (Å²) in [4.78, 5) is 5.34. The van der Waals surface area contributed by atoms with Crippen LogP contribution in [0, 0.1) is 0 Å². The molecule has 0 saturated carbocycles. The van der Waals surface area contributed by atoms with Crippen molar-refractivity contribution in [3.63, 3.8) is 0 Å². The number of fused-ring (bicyclic) bond motifs is 7. The fourth-order valence-electron chi connectivity index (χ4n) is 7.39. The minimum atomic E-state index is 0.920. The van der Waals surface area contributed by atoms with Gasteiger partial charge in [0.25, 0.3) is 0 Å². The smallest absolute Gasteiger partial charge is 0.145 e. The molecule has 0 aliphatic rings. The molecule has 0 amide bonds. The summed E-state index contributed by atoms with van der Waals surface area (Å²) in [6.07, 6.45) is 0. The van der Waals surface area contributed by atoms with Crippen molar-refractivity contribution in [2.75, 3.05) is 0 Å². The number of rotatable bonds is 4. The predicted molar refractivity (Wildman–Crippen MR) is 195 cm³/mol. The number of para-hydroxylation sites is 5. The number of nitrogens with zero attached hydrogens (tertiary/aromatic N) is 4. The molecule has 0 bridgehead atoms. The average molecular weight is 601 g/mol. The van der Waals surface area contributed by atoms with E-state index in [2.05, 4.69) is 184 Å². The lowest BCUT2D eigenvalue weighted by atomic mass is 10.1. The van der Waals surface area contributed by atoms with Crippen LogP contribution < -0.4 is 0 Å². The van der Waals surface area contributed by atoms with Crippen molar-refractivity contribution in [2.45, 2.75) is 0 Å². The Balaban J connectivity index is 1.21. The molecule has 0 unspecified atom stereocenters. The lowest BCUT2D eigenvalue weighted by molar-refractivity contribution is 1.10. The highest BCUT2D eigenvalue weighted by Gasteiger charge is 2.20. The Bertz CT molecular complexity index is 2710. The van der Waals surface area contributed by atoms with Gasteiger partial charge in [0, 0.05) is 44.2 Å². The molecule has 4 nitrogen and oxygen atoms in total. The Kier molecular flexibility index (Phi) is 5.54. The van der Waals surface area contributed by atoms with Crippen molar-refractivity contribution >= 4 is 54.6 Å². The fraction of sp³-hybridized carbons (Fsp3) is 0. The third-order valence-electron chi connectivity index (χ3n) is 9.44. The van der Waals surface area contributed by atoms with Crippen molar-refractivity contribution in [3.8, 4) is 28.5 Å². The third kappa shape index (κ3) is 3.85. The molecule has 0 atom stereocenters. The second kappa shape index (κ2) is 10.1. The van der Waals surface area contributed by atoms with Crippen LogP contribution in [0.1, 0.15) is 0 Å². The van der Waals surface area contributed by atoms with Crippen LogP contribution in [0.15, 0.2) is 170 Å². The van der Waals surface area contributed by atoms with E-state index in [0.29, 0.717) is 0 Å². The van der Waals surface area contributed by atoms with Crippen LogP contribution in [0.4, 0.5) is 0 Å². The molecule has 4 heteroatoms. The molecule has 0 aliphatic heterocycles. The van der Waals surface area contributed by atoms with Gasteiger partial charge < -0.3 is 9.13 Å². The van der Waals surface area contributed by atoms with E-state index >= 15 is 0 Å².